The molecule has 1 spiro atoms. The van der Waals surface area contributed by atoms with E-state index in [0.717, 1.165) is 38.5 Å². The van der Waals surface area contributed by atoms with Gasteiger partial charge in [-0.3, -0.25) is 0 Å². The smallest absolute Gasteiger partial charge is 0.197 e. The molecule has 298 valence electrons. The molecule has 4 aliphatic heterocycles. The number of aliphatic hydroxyl groups is 7. The molecule has 0 unspecified atom stereocenters. The van der Waals surface area contributed by atoms with E-state index in [-0.39, 0.29) is 46.7 Å². The summed E-state index contributed by atoms with van der Waals surface area (Å²) in [7, 11) is 0. The van der Waals surface area contributed by atoms with E-state index in [1.165, 1.54) is 0 Å². The highest BCUT2D eigenvalue weighted by Gasteiger charge is 2.71. The van der Waals surface area contributed by atoms with E-state index in [4.69, 9.17) is 28.4 Å². The van der Waals surface area contributed by atoms with Crippen LogP contribution in [0.25, 0.3) is 0 Å². The number of hydrogen-bond donors (Lipinski definition) is 7. The lowest BCUT2D eigenvalue weighted by atomic mass is 9.43. The third-order valence-corrected chi connectivity index (χ3v) is 16.1. The predicted octanol–water partition coefficient (Wildman–Crippen LogP) is 1.44. The number of fused-ring (bicyclic) bond motifs is 7. The van der Waals surface area contributed by atoms with Crippen LogP contribution in [0, 0.1) is 52.3 Å². The second kappa shape index (κ2) is 13.6. The normalized spacial score (nSPS) is 61.9. The predicted molar refractivity (Wildman–Crippen MR) is 183 cm³/mol. The zero-order valence-electron chi connectivity index (χ0n) is 31.6. The van der Waals surface area contributed by atoms with Crippen molar-refractivity contribution in [2.45, 2.75) is 185 Å². The van der Waals surface area contributed by atoms with Gasteiger partial charge >= 0.3 is 0 Å². The van der Waals surface area contributed by atoms with Gasteiger partial charge in [-0.05, 0) is 112 Å². The summed E-state index contributed by atoms with van der Waals surface area (Å²) in [6, 6.07) is 0. The van der Waals surface area contributed by atoms with E-state index in [1.54, 1.807) is 13.8 Å². The first-order valence-corrected chi connectivity index (χ1v) is 20.2. The molecule has 8 aliphatic rings. The van der Waals surface area contributed by atoms with Crippen LogP contribution in [-0.4, -0.2) is 134 Å². The minimum absolute atomic E-state index is 0.00617. The molecule has 24 atom stereocenters. The SMILES string of the molecule is C[C@@H]1CO[C@]2(O[C@H]3C[C@H]4[C@@H]5C[C@H](O[C@@H]6O[C@H](C)[C@@H](O)[C@H](O[C@@H]7O[C@@H](C)[C@H](O)[C@@H](O)[C@H]7O)[C@H]6O)[C@H]6C[C@@H](O)CC[C@]6(C)[C@H]5CC[C@]4(C)[C@H]3[C@@H]2C)[C@H](O)C1. The molecule has 0 amide bonds. The van der Waals surface area contributed by atoms with Crippen LogP contribution in [0.4, 0.5) is 0 Å². The monoisotopic (exact) mass is 740 g/mol. The quantitative estimate of drug-likeness (QED) is 0.205. The minimum Gasteiger partial charge on any atom is -0.393 e. The molecule has 0 aromatic heterocycles. The summed E-state index contributed by atoms with van der Waals surface area (Å²) in [5.74, 6) is 0.760. The summed E-state index contributed by atoms with van der Waals surface area (Å²) >= 11 is 0. The van der Waals surface area contributed by atoms with Crippen molar-refractivity contribution in [1.82, 2.24) is 0 Å². The topological polar surface area (TPSA) is 197 Å². The summed E-state index contributed by atoms with van der Waals surface area (Å²) in [5.41, 5.74) is -0.122. The van der Waals surface area contributed by atoms with Gasteiger partial charge in [0, 0.05) is 5.92 Å². The van der Waals surface area contributed by atoms with E-state index in [1.807, 2.05) is 0 Å². The fourth-order valence-corrected chi connectivity index (χ4v) is 13.3. The van der Waals surface area contributed by atoms with Gasteiger partial charge in [-0.2, -0.15) is 0 Å². The molecule has 52 heavy (non-hydrogen) atoms. The maximum Gasteiger partial charge on any atom is 0.197 e. The Hall–Kier alpha value is -0.520. The van der Waals surface area contributed by atoms with Gasteiger partial charge in [-0.1, -0.05) is 27.7 Å². The Kier molecular flexibility index (Phi) is 10.0. The Morgan fingerprint density at radius 2 is 1.31 bits per heavy atom. The van der Waals surface area contributed by atoms with Crippen LogP contribution >= 0.6 is 0 Å². The first kappa shape index (κ1) is 38.4. The first-order chi connectivity index (χ1) is 24.5. The molecule has 7 N–H and O–H groups in total. The molecule has 13 heteroatoms. The summed E-state index contributed by atoms with van der Waals surface area (Å²) in [6.07, 6.45) is -7.54. The Balaban J connectivity index is 1.04. The van der Waals surface area contributed by atoms with Crippen LogP contribution in [0.5, 0.6) is 0 Å². The van der Waals surface area contributed by atoms with Crippen molar-refractivity contribution < 1.29 is 64.2 Å². The highest BCUT2D eigenvalue weighted by Crippen LogP contribution is 2.71. The zero-order valence-corrected chi connectivity index (χ0v) is 31.6. The standard InChI is InChI=1S/C39H64O13/c1-16-11-27(41)39(47-15-16)17(2)28-26(52-39)14-23-21-13-25(24-12-20(40)7-9-37(24,5)22(21)8-10-38(23,28)6)50-36-33(46)34(30(43)19(4)49-36)51-35-32(45)31(44)29(42)18(3)48-35/h16-36,40-46H,7-15H2,1-6H3/t16-,17-,18-,19+,20-,21+,22-,23-,24+,25-,26-,27+,28-,29-,30+,31+,32+,33+,34-,35-,36-,37+,38-,39+/m0/s1. The maximum atomic E-state index is 11.7. The molecule has 4 aliphatic carbocycles. The summed E-state index contributed by atoms with van der Waals surface area (Å²) < 4.78 is 37.9. The molecular weight excluding hydrogens is 676 g/mol. The molecule has 0 aromatic carbocycles. The Morgan fingerprint density at radius 1 is 0.635 bits per heavy atom. The van der Waals surface area contributed by atoms with E-state index >= 15 is 0 Å². The van der Waals surface area contributed by atoms with Crippen LogP contribution in [0.3, 0.4) is 0 Å². The molecule has 4 heterocycles. The molecule has 8 fully saturated rings. The second-order valence-electron chi connectivity index (χ2n) is 18.9. The van der Waals surface area contributed by atoms with E-state index in [9.17, 15) is 35.7 Å². The number of ether oxygens (including phenoxy) is 6. The molecule has 0 bridgehead atoms. The van der Waals surface area contributed by atoms with Gasteiger partial charge in [0.2, 0.25) is 0 Å². The van der Waals surface area contributed by atoms with Gasteiger partial charge < -0.3 is 64.2 Å². The summed E-state index contributed by atoms with van der Waals surface area (Å²) in [6.45, 7) is 12.9. The van der Waals surface area contributed by atoms with Crippen molar-refractivity contribution in [2.75, 3.05) is 6.61 Å². The Labute approximate surface area is 307 Å². The average Bonchev–Trinajstić information content (AvgIpc) is 3.55. The van der Waals surface area contributed by atoms with Gasteiger partial charge in [0.25, 0.3) is 0 Å². The van der Waals surface area contributed by atoms with Gasteiger partial charge in [0.15, 0.2) is 18.4 Å². The second-order valence-corrected chi connectivity index (χ2v) is 18.9. The molecule has 4 saturated heterocycles. The Bertz CT molecular complexity index is 1310. The summed E-state index contributed by atoms with van der Waals surface area (Å²) in [5, 5.41) is 76.3. The van der Waals surface area contributed by atoms with E-state index in [2.05, 4.69) is 27.7 Å². The third kappa shape index (κ3) is 5.73. The number of rotatable bonds is 4. The van der Waals surface area contributed by atoms with Crippen molar-refractivity contribution in [3.05, 3.63) is 0 Å². The fraction of sp³-hybridized carbons (Fsp3) is 1.00. The molecule has 4 saturated carbocycles. The van der Waals surface area contributed by atoms with Crippen LogP contribution < -0.4 is 0 Å². The van der Waals surface area contributed by atoms with Crippen molar-refractivity contribution in [1.29, 1.82) is 0 Å². The summed E-state index contributed by atoms with van der Waals surface area (Å²) in [4.78, 5) is 0. The highest BCUT2D eigenvalue weighted by molar-refractivity contribution is 5.17. The largest absolute Gasteiger partial charge is 0.393 e. The van der Waals surface area contributed by atoms with Crippen LogP contribution in [0.1, 0.15) is 92.9 Å². The Morgan fingerprint density at radius 3 is 2.02 bits per heavy atom. The molecule has 0 aromatic rings. The van der Waals surface area contributed by atoms with E-state index in [0.29, 0.717) is 37.2 Å². The lowest BCUT2D eigenvalue weighted by Crippen LogP contribution is -2.64. The lowest BCUT2D eigenvalue weighted by molar-refractivity contribution is -0.363. The first-order valence-electron chi connectivity index (χ1n) is 20.2. The number of aliphatic hydroxyl groups excluding tert-OH is 7. The van der Waals surface area contributed by atoms with Crippen molar-refractivity contribution >= 4 is 0 Å². The van der Waals surface area contributed by atoms with Gasteiger partial charge in [-0.15, -0.1) is 0 Å². The van der Waals surface area contributed by atoms with Gasteiger partial charge in [0.1, 0.15) is 42.7 Å². The van der Waals surface area contributed by atoms with Crippen molar-refractivity contribution in [3.8, 4) is 0 Å². The average molecular weight is 741 g/mol. The maximum absolute atomic E-state index is 11.7. The van der Waals surface area contributed by atoms with Crippen LogP contribution in [-0.2, 0) is 28.4 Å². The number of hydrogen-bond acceptors (Lipinski definition) is 13. The van der Waals surface area contributed by atoms with Crippen LogP contribution in [0.15, 0.2) is 0 Å². The molecule has 13 nitrogen and oxygen atoms in total. The molecule has 0 radical (unpaired) electrons. The molecule has 8 rings (SSSR count). The van der Waals surface area contributed by atoms with Crippen molar-refractivity contribution in [3.63, 3.8) is 0 Å². The third-order valence-electron chi connectivity index (χ3n) is 16.1. The van der Waals surface area contributed by atoms with Crippen LogP contribution in [0.2, 0.25) is 0 Å². The molecular formula is C39H64O13. The fourth-order valence-electron chi connectivity index (χ4n) is 13.3. The highest BCUT2D eigenvalue weighted by atomic mass is 16.7. The zero-order chi connectivity index (χ0) is 37.2. The van der Waals surface area contributed by atoms with E-state index < -0.39 is 79.4 Å². The van der Waals surface area contributed by atoms with Gasteiger partial charge in [-0.25, -0.2) is 0 Å². The lowest BCUT2D eigenvalue weighted by Gasteiger charge is -2.63. The minimum atomic E-state index is -1.60. The van der Waals surface area contributed by atoms with Gasteiger partial charge in [0.05, 0.1) is 37.1 Å². The van der Waals surface area contributed by atoms with Crippen molar-refractivity contribution in [2.24, 2.45) is 52.3 Å².